The molecule has 2 rings (SSSR count). The van der Waals surface area contributed by atoms with Crippen LogP contribution in [0.4, 0.5) is 0 Å². The lowest BCUT2D eigenvalue weighted by atomic mass is 10.2. The Morgan fingerprint density at radius 3 is 2.84 bits per heavy atom. The lowest BCUT2D eigenvalue weighted by molar-refractivity contribution is -0.120. The van der Waals surface area contributed by atoms with Crippen LogP contribution in [-0.2, 0) is 4.79 Å². The fourth-order valence-corrected chi connectivity index (χ4v) is 1.96. The average molecular weight is 259 g/mol. The number of nitrogens with zero attached hydrogens (tertiary/aromatic N) is 2. The summed E-state index contributed by atoms with van der Waals surface area (Å²) < 4.78 is 5.62. The van der Waals surface area contributed by atoms with Gasteiger partial charge in [-0.2, -0.15) is 5.26 Å². The lowest BCUT2D eigenvalue weighted by Gasteiger charge is -2.18. The van der Waals surface area contributed by atoms with Crippen LogP contribution in [0.2, 0.25) is 0 Å². The summed E-state index contributed by atoms with van der Waals surface area (Å²) in [7, 11) is 0. The topological polar surface area (TPSA) is 65.4 Å². The van der Waals surface area contributed by atoms with Gasteiger partial charge in [-0.1, -0.05) is 0 Å². The van der Waals surface area contributed by atoms with Gasteiger partial charge in [-0.05, 0) is 24.3 Å². The van der Waals surface area contributed by atoms with Crippen molar-refractivity contribution in [2.45, 2.75) is 6.42 Å². The van der Waals surface area contributed by atoms with Gasteiger partial charge in [-0.25, -0.2) is 0 Å². The molecule has 1 fully saturated rings. The van der Waals surface area contributed by atoms with Crippen LogP contribution in [0.15, 0.2) is 24.3 Å². The monoisotopic (exact) mass is 259 g/mol. The minimum absolute atomic E-state index is 0.121. The van der Waals surface area contributed by atoms with Crippen molar-refractivity contribution in [1.82, 2.24) is 10.2 Å². The number of amides is 1. The highest BCUT2D eigenvalue weighted by Gasteiger charge is 2.12. The van der Waals surface area contributed by atoms with Crippen molar-refractivity contribution in [3.05, 3.63) is 29.8 Å². The summed E-state index contributed by atoms with van der Waals surface area (Å²) in [4.78, 5) is 13.4. The third-order valence-corrected chi connectivity index (χ3v) is 3.06. The number of rotatable bonds is 4. The Kier molecular flexibility index (Phi) is 4.76. The van der Waals surface area contributed by atoms with Crippen molar-refractivity contribution < 1.29 is 9.53 Å². The van der Waals surface area contributed by atoms with Crippen LogP contribution in [0.25, 0.3) is 0 Å². The predicted molar refractivity (Wildman–Crippen MR) is 70.7 cm³/mol. The van der Waals surface area contributed by atoms with Crippen LogP contribution >= 0.6 is 0 Å². The number of nitriles is 1. The second-order valence-electron chi connectivity index (χ2n) is 4.43. The molecule has 1 N–H and O–H groups in total. The highest BCUT2D eigenvalue weighted by atomic mass is 16.5. The molecule has 0 spiro atoms. The first-order valence-corrected chi connectivity index (χ1v) is 6.40. The molecular formula is C14H17N3O2. The lowest BCUT2D eigenvalue weighted by Crippen LogP contribution is -2.32. The van der Waals surface area contributed by atoms with Gasteiger partial charge in [-0.15, -0.1) is 0 Å². The Hall–Kier alpha value is -2.06. The van der Waals surface area contributed by atoms with E-state index in [0.717, 1.165) is 25.4 Å². The SMILES string of the molecule is N#Cc1ccc(OCCN2CCNC(=O)CC2)cc1. The first-order valence-electron chi connectivity index (χ1n) is 6.40. The Morgan fingerprint density at radius 2 is 2.11 bits per heavy atom. The molecule has 1 aliphatic rings. The first kappa shape index (κ1) is 13.4. The molecular weight excluding hydrogens is 242 g/mol. The number of hydrogen-bond acceptors (Lipinski definition) is 4. The smallest absolute Gasteiger partial charge is 0.221 e. The summed E-state index contributed by atoms with van der Waals surface area (Å²) in [5.41, 5.74) is 0.629. The van der Waals surface area contributed by atoms with Gasteiger partial charge < -0.3 is 10.1 Å². The van der Waals surface area contributed by atoms with Crippen LogP contribution < -0.4 is 10.1 Å². The highest BCUT2D eigenvalue weighted by molar-refractivity contribution is 5.76. The van der Waals surface area contributed by atoms with E-state index < -0.39 is 0 Å². The fraction of sp³-hybridized carbons (Fsp3) is 0.429. The molecule has 1 aromatic rings. The summed E-state index contributed by atoms with van der Waals surface area (Å²) in [5, 5.41) is 11.5. The Labute approximate surface area is 112 Å². The maximum Gasteiger partial charge on any atom is 0.221 e. The quantitative estimate of drug-likeness (QED) is 0.867. The summed E-state index contributed by atoms with van der Waals surface area (Å²) in [6, 6.07) is 9.15. The molecule has 0 bridgehead atoms. The zero-order valence-corrected chi connectivity index (χ0v) is 10.8. The van der Waals surface area contributed by atoms with Crippen molar-refractivity contribution in [2.75, 3.05) is 32.8 Å². The van der Waals surface area contributed by atoms with E-state index in [1.54, 1.807) is 24.3 Å². The maximum absolute atomic E-state index is 11.2. The van der Waals surface area contributed by atoms with Crippen LogP contribution in [0.3, 0.4) is 0 Å². The molecule has 5 heteroatoms. The van der Waals surface area contributed by atoms with Crippen molar-refractivity contribution in [2.24, 2.45) is 0 Å². The van der Waals surface area contributed by atoms with E-state index in [1.165, 1.54) is 0 Å². The molecule has 0 atom stereocenters. The van der Waals surface area contributed by atoms with Crippen LogP contribution in [-0.4, -0.2) is 43.6 Å². The van der Waals surface area contributed by atoms with E-state index in [9.17, 15) is 4.79 Å². The van der Waals surface area contributed by atoms with E-state index in [2.05, 4.69) is 16.3 Å². The summed E-state index contributed by atoms with van der Waals surface area (Å²) in [6.07, 6.45) is 0.552. The van der Waals surface area contributed by atoms with Crippen molar-refractivity contribution in [1.29, 1.82) is 5.26 Å². The van der Waals surface area contributed by atoms with E-state index in [1.807, 2.05) is 0 Å². The van der Waals surface area contributed by atoms with Crippen molar-refractivity contribution in [3.8, 4) is 11.8 Å². The van der Waals surface area contributed by atoms with Gasteiger partial charge in [0.1, 0.15) is 12.4 Å². The van der Waals surface area contributed by atoms with Gasteiger partial charge in [-0.3, -0.25) is 9.69 Å². The number of carbonyl (C=O) groups excluding carboxylic acids is 1. The van der Waals surface area contributed by atoms with Gasteiger partial charge in [0.15, 0.2) is 0 Å². The molecule has 5 nitrogen and oxygen atoms in total. The van der Waals surface area contributed by atoms with Crippen molar-refractivity contribution in [3.63, 3.8) is 0 Å². The van der Waals surface area contributed by atoms with Crippen LogP contribution in [0.1, 0.15) is 12.0 Å². The molecule has 19 heavy (non-hydrogen) atoms. The minimum atomic E-state index is 0.121. The number of carbonyl (C=O) groups is 1. The molecule has 0 unspecified atom stereocenters. The Balaban J connectivity index is 1.73. The molecule has 0 aromatic heterocycles. The molecule has 1 aromatic carbocycles. The van der Waals surface area contributed by atoms with E-state index in [0.29, 0.717) is 25.1 Å². The zero-order valence-electron chi connectivity index (χ0n) is 10.8. The molecule has 0 radical (unpaired) electrons. The molecule has 1 aliphatic heterocycles. The molecule has 0 aliphatic carbocycles. The Bertz CT molecular complexity index is 465. The van der Waals surface area contributed by atoms with Crippen LogP contribution in [0.5, 0.6) is 5.75 Å². The maximum atomic E-state index is 11.2. The highest BCUT2D eigenvalue weighted by Crippen LogP contribution is 2.11. The van der Waals surface area contributed by atoms with Gasteiger partial charge in [0.25, 0.3) is 0 Å². The third-order valence-electron chi connectivity index (χ3n) is 3.06. The first-order chi connectivity index (χ1) is 9.28. The van der Waals surface area contributed by atoms with E-state index >= 15 is 0 Å². The van der Waals surface area contributed by atoms with Crippen molar-refractivity contribution >= 4 is 5.91 Å². The van der Waals surface area contributed by atoms with Gasteiger partial charge >= 0.3 is 0 Å². The summed E-state index contributed by atoms with van der Waals surface area (Å²) >= 11 is 0. The third kappa shape index (κ3) is 4.27. The fourth-order valence-electron chi connectivity index (χ4n) is 1.96. The molecule has 1 heterocycles. The molecule has 1 amide bonds. The summed E-state index contributed by atoms with van der Waals surface area (Å²) in [5.74, 6) is 0.888. The van der Waals surface area contributed by atoms with E-state index in [4.69, 9.17) is 10.00 Å². The Morgan fingerprint density at radius 1 is 1.32 bits per heavy atom. The zero-order chi connectivity index (χ0) is 13.5. The predicted octanol–water partition coefficient (Wildman–Crippen LogP) is 0.759. The molecule has 0 saturated carbocycles. The van der Waals surface area contributed by atoms with Gasteiger partial charge in [0.2, 0.25) is 5.91 Å². The second-order valence-corrected chi connectivity index (χ2v) is 4.43. The standard InChI is InChI=1S/C14H17N3O2/c15-11-12-1-3-13(4-2-12)19-10-9-17-7-5-14(18)16-6-8-17/h1-4H,5-10H2,(H,16,18). The number of benzene rings is 1. The molecule has 1 saturated heterocycles. The van der Waals surface area contributed by atoms with Gasteiger partial charge in [0.05, 0.1) is 11.6 Å². The number of hydrogen-bond donors (Lipinski definition) is 1. The largest absolute Gasteiger partial charge is 0.492 e. The normalized spacial score (nSPS) is 16.3. The van der Waals surface area contributed by atoms with Gasteiger partial charge in [0, 0.05) is 32.6 Å². The van der Waals surface area contributed by atoms with E-state index in [-0.39, 0.29) is 5.91 Å². The van der Waals surface area contributed by atoms with Crippen LogP contribution in [0, 0.1) is 11.3 Å². The number of ether oxygens (including phenoxy) is 1. The summed E-state index contributed by atoms with van der Waals surface area (Å²) in [6.45, 7) is 3.73. The second kappa shape index (κ2) is 6.76. The average Bonchev–Trinajstić information content (AvgIpc) is 2.65. The molecule has 100 valence electrons. The number of nitrogens with one attached hydrogen (secondary N) is 1. The minimum Gasteiger partial charge on any atom is -0.492 e.